The van der Waals surface area contributed by atoms with Crippen LogP contribution >= 0.6 is 0 Å². The monoisotopic (exact) mass is 297 g/mol. The molecule has 0 amide bonds. The number of benzene rings is 2. The predicted octanol–water partition coefficient (Wildman–Crippen LogP) is 3.26. The van der Waals surface area contributed by atoms with Gasteiger partial charge in [-0.3, -0.25) is 0 Å². The second kappa shape index (κ2) is 6.64. The molecule has 114 valence electrons. The van der Waals surface area contributed by atoms with Crippen molar-refractivity contribution in [3.8, 4) is 5.75 Å². The van der Waals surface area contributed by atoms with Crippen molar-refractivity contribution in [2.75, 3.05) is 13.7 Å². The van der Waals surface area contributed by atoms with Gasteiger partial charge < -0.3 is 19.6 Å². The summed E-state index contributed by atoms with van der Waals surface area (Å²) >= 11 is 0. The summed E-state index contributed by atoms with van der Waals surface area (Å²) < 4.78 is 11.1. The molecule has 0 bridgehead atoms. The Bertz CT molecular complexity index is 736. The lowest BCUT2D eigenvalue weighted by atomic mass is 10.1. The summed E-state index contributed by atoms with van der Waals surface area (Å²) in [6.45, 7) is 1.03. The Balaban J connectivity index is 1.62. The lowest BCUT2D eigenvalue weighted by molar-refractivity contribution is 0.173. The molecule has 2 aromatic carbocycles. The van der Waals surface area contributed by atoms with E-state index in [9.17, 15) is 5.11 Å². The maximum Gasteiger partial charge on any atom is 0.176 e. The predicted molar refractivity (Wildman–Crippen MR) is 85.9 cm³/mol. The van der Waals surface area contributed by atoms with E-state index < -0.39 is 6.10 Å². The topological polar surface area (TPSA) is 54.6 Å². The number of furan rings is 1. The molecule has 2 N–H and O–H groups in total. The minimum Gasteiger partial charge on any atom is -0.493 e. The van der Waals surface area contributed by atoms with Crippen molar-refractivity contribution in [3.63, 3.8) is 0 Å². The molecule has 3 aromatic rings. The second-order valence-corrected chi connectivity index (χ2v) is 5.15. The van der Waals surface area contributed by atoms with Gasteiger partial charge in [-0.05, 0) is 17.7 Å². The molecule has 4 nitrogen and oxygen atoms in total. The fraction of sp³-hybridized carbons (Fsp3) is 0.222. The van der Waals surface area contributed by atoms with Crippen LogP contribution in [0, 0.1) is 0 Å². The molecule has 1 atom stereocenters. The van der Waals surface area contributed by atoms with Gasteiger partial charge in [-0.25, -0.2) is 0 Å². The second-order valence-electron chi connectivity index (χ2n) is 5.15. The minimum absolute atomic E-state index is 0.470. The molecule has 0 radical (unpaired) electrons. The molecule has 0 fully saturated rings. The van der Waals surface area contributed by atoms with Crippen LogP contribution in [0.15, 0.2) is 59.0 Å². The smallest absolute Gasteiger partial charge is 0.176 e. The highest BCUT2D eigenvalue weighted by Gasteiger charge is 2.10. The van der Waals surface area contributed by atoms with Gasteiger partial charge in [0.1, 0.15) is 5.76 Å². The van der Waals surface area contributed by atoms with Crippen LogP contribution in [-0.2, 0) is 6.54 Å². The fourth-order valence-corrected chi connectivity index (χ4v) is 2.46. The molecule has 0 aliphatic rings. The number of aliphatic hydroxyl groups excluding tert-OH is 1. The summed E-state index contributed by atoms with van der Waals surface area (Å²) in [6.07, 6.45) is -0.528. The number of aliphatic hydroxyl groups is 1. The highest BCUT2D eigenvalue weighted by atomic mass is 16.5. The van der Waals surface area contributed by atoms with E-state index in [-0.39, 0.29) is 0 Å². The first-order valence-corrected chi connectivity index (χ1v) is 7.27. The SMILES string of the molecule is COc1cccc2cc(CNC[C@@H](O)c3ccccc3)oc12. The van der Waals surface area contributed by atoms with E-state index in [0.717, 1.165) is 28.0 Å². The van der Waals surface area contributed by atoms with E-state index in [4.69, 9.17) is 9.15 Å². The first-order valence-electron chi connectivity index (χ1n) is 7.27. The number of hydrogen-bond acceptors (Lipinski definition) is 4. The molecular weight excluding hydrogens is 278 g/mol. The third-order valence-electron chi connectivity index (χ3n) is 3.60. The van der Waals surface area contributed by atoms with Gasteiger partial charge in [0.05, 0.1) is 19.8 Å². The van der Waals surface area contributed by atoms with Gasteiger partial charge in [-0.1, -0.05) is 42.5 Å². The zero-order chi connectivity index (χ0) is 15.4. The average molecular weight is 297 g/mol. The zero-order valence-electron chi connectivity index (χ0n) is 12.5. The summed E-state index contributed by atoms with van der Waals surface area (Å²) in [6, 6.07) is 17.4. The van der Waals surface area contributed by atoms with E-state index in [2.05, 4.69) is 5.32 Å². The van der Waals surface area contributed by atoms with E-state index in [0.29, 0.717) is 13.1 Å². The highest BCUT2D eigenvalue weighted by molar-refractivity contribution is 5.83. The number of methoxy groups -OCH3 is 1. The van der Waals surface area contributed by atoms with Crippen molar-refractivity contribution in [2.24, 2.45) is 0 Å². The fourth-order valence-electron chi connectivity index (χ4n) is 2.46. The quantitative estimate of drug-likeness (QED) is 0.733. The van der Waals surface area contributed by atoms with Gasteiger partial charge in [0.25, 0.3) is 0 Å². The number of hydrogen-bond donors (Lipinski definition) is 2. The Morgan fingerprint density at radius 1 is 1.14 bits per heavy atom. The van der Waals surface area contributed by atoms with Crippen molar-refractivity contribution >= 4 is 11.0 Å². The Hall–Kier alpha value is -2.30. The molecule has 1 aromatic heterocycles. The molecule has 22 heavy (non-hydrogen) atoms. The van der Waals surface area contributed by atoms with E-state index in [1.807, 2.05) is 54.6 Å². The van der Waals surface area contributed by atoms with Gasteiger partial charge in [0.2, 0.25) is 0 Å². The van der Waals surface area contributed by atoms with E-state index in [1.54, 1.807) is 7.11 Å². The maximum atomic E-state index is 10.1. The Morgan fingerprint density at radius 3 is 2.73 bits per heavy atom. The number of nitrogens with one attached hydrogen (secondary N) is 1. The Labute approximate surface area is 129 Å². The molecule has 3 rings (SSSR count). The van der Waals surface area contributed by atoms with Crippen LogP contribution in [0.4, 0.5) is 0 Å². The van der Waals surface area contributed by atoms with Crippen molar-refractivity contribution < 1.29 is 14.3 Å². The average Bonchev–Trinajstić information content (AvgIpc) is 2.98. The molecule has 0 spiro atoms. The molecule has 0 unspecified atom stereocenters. The van der Waals surface area contributed by atoms with Crippen LogP contribution in [-0.4, -0.2) is 18.8 Å². The summed E-state index contributed by atoms with van der Waals surface area (Å²) in [7, 11) is 1.63. The molecule has 0 saturated carbocycles. The lowest BCUT2D eigenvalue weighted by Crippen LogP contribution is -2.20. The molecule has 0 saturated heterocycles. The van der Waals surface area contributed by atoms with Crippen LogP contribution in [0.2, 0.25) is 0 Å². The first-order chi connectivity index (χ1) is 10.8. The molecule has 1 heterocycles. The summed E-state index contributed by atoms with van der Waals surface area (Å²) in [4.78, 5) is 0. The molecular formula is C18H19NO3. The Kier molecular flexibility index (Phi) is 4.42. The zero-order valence-corrected chi connectivity index (χ0v) is 12.5. The van der Waals surface area contributed by atoms with Gasteiger partial charge in [0.15, 0.2) is 11.3 Å². The normalized spacial score (nSPS) is 12.5. The maximum absolute atomic E-state index is 10.1. The first kappa shape index (κ1) is 14.6. The van der Waals surface area contributed by atoms with Crippen LogP contribution < -0.4 is 10.1 Å². The number of rotatable bonds is 6. The van der Waals surface area contributed by atoms with Crippen LogP contribution in [0.5, 0.6) is 5.75 Å². The van der Waals surface area contributed by atoms with Crippen molar-refractivity contribution in [2.45, 2.75) is 12.6 Å². The summed E-state index contributed by atoms with van der Waals surface area (Å²) in [5.74, 6) is 1.55. The Morgan fingerprint density at radius 2 is 1.95 bits per heavy atom. The summed E-state index contributed by atoms with van der Waals surface area (Å²) in [5.41, 5.74) is 1.66. The number of ether oxygens (including phenoxy) is 1. The van der Waals surface area contributed by atoms with Gasteiger partial charge in [-0.15, -0.1) is 0 Å². The van der Waals surface area contributed by atoms with E-state index in [1.165, 1.54) is 0 Å². The minimum atomic E-state index is -0.528. The highest BCUT2D eigenvalue weighted by Crippen LogP contribution is 2.28. The van der Waals surface area contributed by atoms with Gasteiger partial charge in [-0.2, -0.15) is 0 Å². The largest absolute Gasteiger partial charge is 0.493 e. The van der Waals surface area contributed by atoms with E-state index >= 15 is 0 Å². The summed E-state index contributed by atoms with van der Waals surface area (Å²) in [5, 5.41) is 14.3. The molecule has 0 aliphatic carbocycles. The van der Waals surface area contributed by atoms with Crippen molar-refractivity contribution in [3.05, 3.63) is 65.9 Å². The van der Waals surface area contributed by atoms with Gasteiger partial charge in [0, 0.05) is 11.9 Å². The molecule has 4 heteroatoms. The van der Waals surface area contributed by atoms with Crippen LogP contribution in [0.3, 0.4) is 0 Å². The lowest BCUT2D eigenvalue weighted by Gasteiger charge is -2.11. The standard InChI is InChI=1S/C18H19NO3/c1-21-17-9-5-8-14-10-15(22-18(14)17)11-19-12-16(20)13-6-3-2-4-7-13/h2-10,16,19-20H,11-12H2,1H3/t16-/m1/s1. The number of fused-ring (bicyclic) bond motifs is 1. The number of para-hydroxylation sites is 1. The molecule has 0 aliphatic heterocycles. The van der Waals surface area contributed by atoms with Crippen molar-refractivity contribution in [1.29, 1.82) is 0 Å². The third-order valence-corrected chi connectivity index (χ3v) is 3.60. The third kappa shape index (κ3) is 3.13. The van der Waals surface area contributed by atoms with Crippen LogP contribution in [0.1, 0.15) is 17.4 Å². The van der Waals surface area contributed by atoms with Crippen molar-refractivity contribution in [1.82, 2.24) is 5.32 Å². The van der Waals surface area contributed by atoms with Gasteiger partial charge >= 0.3 is 0 Å². The van der Waals surface area contributed by atoms with Crippen LogP contribution in [0.25, 0.3) is 11.0 Å².